The molecular formula is C15H10Cl2. The van der Waals surface area contributed by atoms with Crippen LogP contribution in [0.1, 0.15) is 16.7 Å². The first-order chi connectivity index (χ1) is 8.15. The van der Waals surface area contributed by atoms with E-state index >= 15 is 0 Å². The molecule has 0 atom stereocenters. The maximum atomic E-state index is 5.92. The van der Waals surface area contributed by atoms with E-state index in [1.807, 2.05) is 30.3 Å². The fourth-order valence-corrected chi connectivity index (χ4v) is 1.65. The van der Waals surface area contributed by atoms with Crippen molar-refractivity contribution in [2.45, 2.75) is 6.92 Å². The zero-order valence-electron chi connectivity index (χ0n) is 9.30. The van der Waals surface area contributed by atoms with Gasteiger partial charge < -0.3 is 0 Å². The topological polar surface area (TPSA) is 0 Å². The first-order valence-electron chi connectivity index (χ1n) is 5.19. The Hall–Kier alpha value is -1.42. The van der Waals surface area contributed by atoms with Gasteiger partial charge in [-0.05, 0) is 37.3 Å². The summed E-state index contributed by atoms with van der Waals surface area (Å²) in [5, 5.41) is 1.08. The molecular weight excluding hydrogens is 251 g/mol. The van der Waals surface area contributed by atoms with Crippen molar-refractivity contribution >= 4 is 23.2 Å². The maximum Gasteiger partial charge on any atom is 0.0604 e. The van der Waals surface area contributed by atoms with Gasteiger partial charge in [-0.3, -0.25) is 0 Å². The standard InChI is InChI=1S/C15H10Cl2/c1-11-2-4-12(5-3-11)6-7-13-8-9-14(16)15(17)10-13/h2-5,8-10H,1H3. The fraction of sp³-hybridized carbons (Fsp3) is 0.0667. The maximum absolute atomic E-state index is 5.92. The summed E-state index contributed by atoms with van der Waals surface area (Å²) in [5.41, 5.74) is 3.08. The number of benzene rings is 2. The normalized spacial score (nSPS) is 9.59. The highest BCUT2D eigenvalue weighted by atomic mass is 35.5. The van der Waals surface area contributed by atoms with Crippen LogP contribution in [0.25, 0.3) is 0 Å². The Morgan fingerprint density at radius 2 is 1.35 bits per heavy atom. The minimum absolute atomic E-state index is 0.530. The molecule has 0 radical (unpaired) electrons. The Labute approximate surface area is 111 Å². The molecule has 0 N–H and O–H groups in total. The van der Waals surface area contributed by atoms with Crippen molar-refractivity contribution in [3.63, 3.8) is 0 Å². The van der Waals surface area contributed by atoms with Crippen molar-refractivity contribution < 1.29 is 0 Å². The molecule has 17 heavy (non-hydrogen) atoms. The highest BCUT2D eigenvalue weighted by Crippen LogP contribution is 2.22. The monoisotopic (exact) mass is 260 g/mol. The Morgan fingerprint density at radius 1 is 0.765 bits per heavy atom. The molecule has 0 aliphatic rings. The third-order valence-corrected chi connectivity index (χ3v) is 3.06. The van der Waals surface area contributed by atoms with Crippen LogP contribution >= 0.6 is 23.2 Å². The van der Waals surface area contributed by atoms with E-state index in [4.69, 9.17) is 23.2 Å². The second kappa shape index (κ2) is 5.27. The molecule has 84 valence electrons. The molecule has 0 aromatic heterocycles. The van der Waals surface area contributed by atoms with Gasteiger partial charge in [-0.2, -0.15) is 0 Å². The average molecular weight is 261 g/mol. The average Bonchev–Trinajstić information content (AvgIpc) is 2.33. The van der Waals surface area contributed by atoms with Gasteiger partial charge in [-0.1, -0.05) is 52.7 Å². The summed E-state index contributed by atoms with van der Waals surface area (Å²) in [5.74, 6) is 6.14. The first kappa shape index (κ1) is 12.0. The van der Waals surface area contributed by atoms with Gasteiger partial charge in [0, 0.05) is 11.1 Å². The van der Waals surface area contributed by atoms with E-state index in [9.17, 15) is 0 Å². The smallest absolute Gasteiger partial charge is 0.0604 e. The lowest BCUT2D eigenvalue weighted by molar-refractivity contribution is 1.46. The molecule has 2 heteroatoms. The molecule has 0 bridgehead atoms. The summed E-state index contributed by atoms with van der Waals surface area (Å²) in [4.78, 5) is 0. The Morgan fingerprint density at radius 3 is 2.00 bits per heavy atom. The van der Waals surface area contributed by atoms with E-state index in [0.717, 1.165) is 11.1 Å². The summed E-state index contributed by atoms with van der Waals surface area (Å²) in [6, 6.07) is 13.5. The van der Waals surface area contributed by atoms with Crippen LogP contribution in [0.3, 0.4) is 0 Å². The second-order valence-electron chi connectivity index (χ2n) is 3.74. The van der Waals surface area contributed by atoms with Crippen LogP contribution in [0, 0.1) is 18.8 Å². The van der Waals surface area contributed by atoms with Gasteiger partial charge in [0.05, 0.1) is 10.0 Å². The third kappa shape index (κ3) is 3.27. The molecule has 0 spiro atoms. The zero-order chi connectivity index (χ0) is 12.3. The molecule has 0 unspecified atom stereocenters. The molecule has 0 nitrogen and oxygen atoms in total. The SMILES string of the molecule is Cc1ccc(C#Cc2ccc(Cl)c(Cl)c2)cc1. The van der Waals surface area contributed by atoms with E-state index in [1.165, 1.54) is 5.56 Å². The molecule has 0 saturated heterocycles. The van der Waals surface area contributed by atoms with Crippen molar-refractivity contribution in [2.24, 2.45) is 0 Å². The fourth-order valence-electron chi connectivity index (χ4n) is 1.36. The van der Waals surface area contributed by atoms with Crippen molar-refractivity contribution in [3.05, 3.63) is 69.2 Å². The van der Waals surface area contributed by atoms with E-state index in [-0.39, 0.29) is 0 Å². The molecule has 0 fully saturated rings. The predicted octanol–water partition coefficient (Wildman–Crippen LogP) is 4.70. The van der Waals surface area contributed by atoms with Crippen LogP contribution in [0.2, 0.25) is 10.0 Å². The molecule has 0 saturated carbocycles. The van der Waals surface area contributed by atoms with Crippen molar-refractivity contribution in [1.29, 1.82) is 0 Å². The lowest BCUT2D eigenvalue weighted by Gasteiger charge is -1.95. The van der Waals surface area contributed by atoms with E-state index in [0.29, 0.717) is 10.0 Å². The number of aryl methyl sites for hydroxylation is 1. The van der Waals surface area contributed by atoms with Crippen molar-refractivity contribution in [2.75, 3.05) is 0 Å². The lowest BCUT2D eigenvalue weighted by Crippen LogP contribution is -1.78. The van der Waals surface area contributed by atoms with Gasteiger partial charge in [-0.15, -0.1) is 0 Å². The van der Waals surface area contributed by atoms with E-state index < -0.39 is 0 Å². The van der Waals surface area contributed by atoms with Crippen LogP contribution in [-0.2, 0) is 0 Å². The molecule has 2 rings (SSSR count). The van der Waals surface area contributed by atoms with Crippen LogP contribution in [0.5, 0.6) is 0 Å². The zero-order valence-corrected chi connectivity index (χ0v) is 10.8. The Kier molecular flexibility index (Phi) is 3.74. The van der Waals surface area contributed by atoms with Crippen LogP contribution in [0.4, 0.5) is 0 Å². The summed E-state index contributed by atoms with van der Waals surface area (Å²) in [7, 11) is 0. The molecule has 0 aliphatic carbocycles. The molecule has 2 aromatic carbocycles. The largest absolute Gasteiger partial charge is 0.0827 e. The van der Waals surface area contributed by atoms with E-state index in [1.54, 1.807) is 12.1 Å². The highest BCUT2D eigenvalue weighted by Gasteiger charge is 1.96. The minimum Gasteiger partial charge on any atom is -0.0827 e. The van der Waals surface area contributed by atoms with Crippen LogP contribution in [-0.4, -0.2) is 0 Å². The Balaban J connectivity index is 2.26. The van der Waals surface area contributed by atoms with Gasteiger partial charge in [0.15, 0.2) is 0 Å². The lowest BCUT2D eigenvalue weighted by atomic mass is 10.1. The van der Waals surface area contributed by atoms with Crippen LogP contribution < -0.4 is 0 Å². The predicted molar refractivity (Wildman–Crippen MR) is 73.6 cm³/mol. The molecule has 0 heterocycles. The summed E-state index contributed by atoms with van der Waals surface area (Å²) >= 11 is 11.8. The molecule has 0 amide bonds. The van der Waals surface area contributed by atoms with Gasteiger partial charge in [-0.25, -0.2) is 0 Å². The quantitative estimate of drug-likeness (QED) is 0.603. The third-order valence-electron chi connectivity index (χ3n) is 2.32. The first-order valence-corrected chi connectivity index (χ1v) is 5.94. The van der Waals surface area contributed by atoms with E-state index in [2.05, 4.69) is 18.8 Å². The number of rotatable bonds is 0. The summed E-state index contributed by atoms with van der Waals surface area (Å²) in [6.45, 7) is 2.05. The van der Waals surface area contributed by atoms with Gasteiger partial charge in [0.1, 0.15) is 0 Å². The highest BCUT2D eigenvalue weighted by molar-refractivity contribution is 6.42. The minimum atomic E-state index is 0.530. The van der Waals surface area contributed by atoms with Gasteiger partial charge >= 0.3 is 0 Å². The Bertz CT molecular complexity index is 587. The summed E-state index contributed by atoms with van der Waals surface area (Å²) in [6.07, 6.45) is 0. The second-order valence-corrected chi connectivity index (χ2v) is 4.56. The van der Waals surface area contributed by atoms with Gasteiger partial charge in [0.2, 0.25) is 0 Å². The van der Waals surface area contributed by atoms with Crippen LogP contribution in [0.15, 0.2) is 42.5 Å². The van der Waals surface area contributed by atoms with Gasteiger partial charge in [0.25, 0.3) is 0 Å². The number of halogens is 2. The summed E-state index contributed by atoms with van der Waals surface area (Å²) < 4.78 is 0. The number of hydrogen-bond donors (Lipinski definition) is 0. The van der Waals surface area contributed by atoms with Crippen molar-refractivity contribution in [1.82, 2.24) is 0 Å². The molecule has 2 aromatic rings. The molecule has 0 aliphatic heterocycles. The van der Waals surface area contributed by atoms with Crippen molar-refractivity contribution in [3.8, 4) is 11.8 Å². The number of hydrogen-bond acceptors (Lipinski definition) is 0.